The summed E-state index contributed by atoms with van der Waals surface area (Å²) >= 11 is 3.73. The molecule has 0 aliphatic carbocycles. The van der Waals surface area contributed by atoms with Gasteiger partial charge in [0.2, 0.25) is 15.5 Å². The van der Waals surface area contributed by atoms with Crippen LogP contribution >= 0.6 is 21.9 Å². The Morgan fingerprint density at radius 2 is 0.909 bits per heavy atom. The van der Waals surface area contributed by atoms with Gasteiger partial charge in [-0.3, -0.25) is 9.05 Å². The Kier molecular flexibility index (Phi) is 4.77. The van der Waals surface area contributed by atoms with Gasteiger partial charge in [0.25, 0.3) is 0 Å². The third kappa shape index (κ3) is 3.68. The molecule has 0 heterocycles. The molecule has 0 unspecified atom stereocenters. The highest BCUT2D eigenvalue weighted by molar-refractivity contribution is 9.41. The molecule has 3 rings (SSSR count). The highest BCUT2D eigenvalue weighted by atomic mass is 79.9. The largest absolute Gasteiger partial charge is 0.462 e. The lowest BCUT2D eigenvalue weighted by molar-refractivity contribution is 0.496. The second kappa shape index (κ2) is 6.95. The van der Waals surface area contributed by atoms with Crippen LogP contribution in [0.5, 0.6) is 11.5 Å². The van der Waals surface area contributed by atoms with Gasteiger partial charge in [0, 0.05) is 0 Å². The predicted molar refractivity (Wildman–Crippen MR) is 96.1 cm³/mol. The van der Waals surface area contributed by atoms with E-state index in [1.807, 2.05) is 91.0 Å². The first-order valence-corrected chi connectivity index (χ1v) is 10.5. The molecule has 0 aromatic heterocycles. The van der Waals surface area contributed by atoms with E-state index in [0.717, 1.165) is 16.8 Å². The van der Waals surface area contributed by atoms with Gasteiger partial charge < -0.3 is 0 Å². The molecule has 22 heavy (non-hydrogen) atoms. The van der Waals surface area contributed by atoms with E-state index in [0.29, 0.717) is 0 Å². The lowest BCUT2D eigenvalue weighted by atomic mass is 10.3. The third-order valence-corrected chi connectivity index (χ3v) is 6.90. The molecule has 0 saturated heterocycles. The Labute approximate surface area is 139 Å². The quantitative estimate of drug-likeness (QED) is 0.539. The van der Waals surface area contributed by atoms with Crippen molar-refractivity contribution in [2.24, 2.45) is 0 Å². The van der Waals surface area contributed by atoms with E-state index in [9.17, 15) is 0 Å². The van der Waals surface area contributed by atoms with E-state index < -0.39 is 6.42 Å². The molecule has 2 nitrogen and oxygen atoms in total. The van der Waals surface area contributed by atoms with Crippen LogP contribution in [-0.2, 0) is 0 Å². The molecule has 0 fully saturated rings. The zero-order chi connectivity index (χ0) is 15.3. The lowest BCUT2D eigenvalue weighted by Gasteiger charge is -2.18. The molecule has 0 N–H and O–H groups in total. The van der Waals surface area contributed by atoms with Crippen LogP contribution in [-0.4, -0.2) is 0 Å². The van der Waals surface area contributed by atoms with E-state index in [2.05, 4.69) is 15.5 Å². The predicted octanol–water partition coefficient (Wildman–Crippen LogP) is 5.63. The van der Waals surface area contributed by atoms with Gasteiger partial charge in [0.05, 0.1) is 0 Å². The Morgan fingerprint density at radius 1 is 0.545 bits per heavy atom. The Morgan fingerprint density at radius 3 is 1.32 bits per heavy atom. The minimum atomic E-state index is -2.45. The van der Waals surface area contributed by atoms with Crippen LogP contribution in [0.1, 0.15) is 0 Å². The molecule has 0 amide bonds. The second-order valence-corrected chi connectivity index (χ2v) is 9.27. The normalized spacial score (nSPS) is 11.0. The van der Waals surface area contributed by atoms with Crippen LogP contribution in [0.15, 0.2) is 91.0 Å². The topological polar surface area (TPSA) is 18.5 Å². The maximum Gasteiger partial charge on any atom is 0.462 e. The van der Waals surface area contributed by atoms with Crippen molar-refractivity contribution in [1.29, 1.82) is 0 Å². The van der Waals surface area contributed by atoms with Crippen molar-refractivity contribution in [1.82, 2.24) is 0 Å². The van der Waals surface area contributed by atoms with Crippen molar-refractivity contribution in [2.75, 3.05) is 0 Å². The van der Waals surface area contributed by atoms with Gasteiger partial charge in [-0.05, 0) is 36.4 Å². The smallest absolute Gasteiger partial charge is 0.292 e. The lowest BCUT2D eigenvalue weighted by Crippen LogP contribution is -2.16. The highest BCUT2D eigenvalue weighted by Crippen LogP contribution is 2.65. The summed E-state index contributed by atoms with van der Waals surface area (Å²) in [6.07, 6.45) is -2.45. The second-order valence-electron chi connectivity index (χ2n) is 4.62. The number of para-hydroxylation sites is 2. The summed E-state index contributed by atoms with van der Waals surface area (Å²) in [4.78, 5) is 0. The third-order valence-electron chi connectivity index (χ3n) is 3.00. The molecule has 0 aliphatic heterocycles. The fraction of sp³-hybridized carbons (Fsp3) is 0. The molecular formula is C18H15BrO2P+. The molecule has 0 saturated carbocycles. The minimum absolute atomic E-state index is 0.771. The maximum atomic E-state index is 6.20. The first-order chi connectivity index (χ1) is 10.8. The molecule has 0 aliphatic rings. The monoisotopic (exact) mass is 373 g/mol. The fourth-order valence-corrected chi connectivity index (χ4v) is 5.24. The van der Waals surface area contributed by atoms with Gasteiger partial charge in [-0.2, -0.15) is 0 Å². The van der Waals surface area contributed by atoms with E-state index in [4.69, 9.17) is 9.05 Å². The van der Waals surface area contributed by atoms with Crippen LogP contribution in [0, 0.1) is 0 Å². The number of hydrogen-bond acceptors (Lipinski definition) is 2. The fourth-order valence-electron chi connectivity index (χ4n) is 1.96. The maximum absolute atomic E-state index is 6.20. The Hall–Kier alpha value is -1.83. The van der Waals surface area contributed by atoms with E-state index in [1.165, 1.54) is 0 Å². The van der Waals surface area contributed by atoms with E-state index >= 15 is 0 Å². The van der Waals surface area contributed by atoms with Gasteiger partial charge >= 0.3 is 6.42 Å². The minimum Gasteiger partial charge on any atom is -0.292 e. The summed E-state index contributed by atoms with van der Waals surface area (Å²) in [6, 6.07) is 29.3. The van der Waals surface area contributed by atoms with Crippen molar-refractivity contribution in [3.8, 4) is 11.5 Å². The average Bonchev–Trinajstić information content (AvgIpc) is 2.57. The van der Waals surface area contributed by atoms with Crippen molar-refractivity contribution in [2.45, 2.75) is 0 Å². The molecule has 110 valence electrons. The molecule has 4 heteroatoms. The van der Waals surface area contributed by atoms with Crippen LogP contribution < -0.4 is 14.4 Å². The SMILES string of the molecule is Br[P+](Oc1ccccc1)(Oc1ccccc1)c1ccccc1. The summed E-state index contributed by atoms with van der Waals surface area (Å²) in [5.41, 5.74) is 0. The summed E-state index contributed by atoms with van der Waals surface area (Å²) in [5, 5.41) is 0.989. The van der Waals surface area contributed by atoms with E-state index in [-0.39, 0.29) is 0 Å². The van der Waals surface area contributed by atoms with Gasteiger partial charge in [-0.25, -0.2) is 0 Å². The summed E-state index contributed by atoms with van der Waals surface area (Å²) in [5.74, 6) is 1.54. The molecule has 3 aromatic carbocycles. The Bertz CT molecular complexity index is 663. The standard InChI is InChI=1S/C18H15BrO2P/c19-22(18-14-8-3-9-15-18,20-16-10-4-1-5-11-16)21-17-12-6-2-7-13-17/h1-15H/q+1. The first-order valence-electron chi connectivity index (χ1n) is 6.90. The number of halogens is 1. The number of rotatable bonds is 5. The average molecular weight is 374 g/mol. The van der Waals surface area contributed by atoms with Crippen LogP contribution in [0.4, 0.5) is 0 Å². The van der Waals surface area contributed by atoms with Gasteiger partial charge in [-0.1, -0.05) is 54.6 Å². The van der Waals surface area contributed by atoms with Gasteiger partial charge in [0.1, 0.15) is 0 Å². The highest BCUT2D eigenvalue weighted by Gasteiger charge is 2.46. The number of hydrogen-bond donors (Lipinski definition) is 0. The van der Waals surface area contributed by atoms with Crippen LogP contribution in [0.2, 0.25) is 0 Å². The molecule has 3 aromatic rings. The zero-order valence-electron chi connectivity index (χ0n) is 11.8. The molecule has 0 bridgehead atoms. The van der Waals surface area contributed by atoms with Crippen molar-refractivity contribution < 1.29 is 9.05 Å². The molecule has 0 spiro atoms. The Balaban J connectivity index is 1.95. The molecule has 0 radical (unpaired) electrons. The van der Waals surface area contributed by atoms with Crippen LogP contribution in [0.3, 0.4) is 0 Å². The summed E-state index contributed by atoms with van der Waals surface area (Å²) in [6.45, 7) is 0. The van der Waals surface area contributed by atoms with Gasteiger partial charge in [0.15, 0.2) is 16.8 Å². The molecular weight excluding hydrogens is 359 g/mol. The molecule has 0 atom stereocenters. The first kappa shape index (κ1) is 15.1. The summed E-state index contributed by atoms with van der Waals surface area (Å²) in [7, 11) is 0. The van der Waals surface area contributed by atoms with Crippen molar-refractivity contribution in [3.05, 3.63) is 91.0 Å². The zero-order valence-corrected chi connectivity index (χ0v) is 14.3. The van der Waals surface area contributed by atoms with Crippen LogP contribution in [0.25, 0.3) is 0 Å². The summed E-state index contributed by atoms with van der Waals surface area (Å²) < 4.78 is 12.4. The van der Waals surface area contributed by atoms with Crippen molar-refractivity contribution >= 4 is 27.2 Å². The van der Waals surface area contributed by atoms with Gasteiger partial charge in [-0.15, -0.1) is 0 Å². The van der Waals surface area contributed by atoms with Crippen molar-refractivity contribution in [3.63, 3.8) is 0 Å². The number of benzene rings is 3. The van der Waals surface area contributed by atoms with E-state index in [1.54, 1.807) is 0 Å².